The van der Waals surface area contributed by atoms with E-state index < -0.39 is 17.5 Å². The van der Waals surface area contributed by atoms with Gasteiger partial charge in [0, 0.05) is 16.6 Å². The van der Waals surface area contributed by atoms with E-state index in [2.05, 4.69) is 15.9 Å². The van der Waals surface area contributed by atoms with Crippen molar-refractivity contribution in [3.8, 4) is 11.1 Å². The maximum absolute atomic E-state index is 13.4. The van der Waals surface area contributed by atoms with Gasteiger partial charge in [-0.05, 0) is 17.7 Å². The number of benzene rings is 2. The van der Waals surface area contributed by atoms with Crippen LogP contribution in [0.2, 0.25) is 0 Å². The molecule has 0 saturated carbocycles. The molecule has 16 heavy (non-hydrogen) atoms. The molecular weight excluding hydrogens is 281 g/mol. The third-order valence-corrected chi connectivity index (χ3v) is 2.67. The van der Waals surface area contributed by atoms with E-state index in [1.165, 1.54) is 0 Å². The van der Waals surface area contributed by atoms with Crippen LogP contribution in [0.4, 0.5) is 13.2 Å². The molecule has 0 aliphatic carbocycles. The molecule has 0 spiro atoms. The Morgan fingerprint density at radius 3 is 1.81 bits per heavy atom. The van der Waals surface area contributed by atoms with E-state index in [0.29, 0.717) is 17.7 Å². The van der Waals surface area contributed by atoms with Gasteiger partial charge in [0.1, 0.15) is 17.5 Å². The van der Waals surface area contributed by atoms with E-state index in [-0.39, 0.29) is 5.56 Å². The summed E-state index contributed by atoms with van der Waals surface area (Å²) in [5.41, 5.74) is 0.159. The fraction of sp³-hybridized carbons (Fsp3) is 0. The first-order valence-corrected chi connectivity index (χ1v) is 5.27. The summed E-state index contributed by atoms with van der Waals surface area (Å²) in [7, 11) is 0. The molecule has 82 valence electrons. The van der Waals surface area contributed by atoms with Crippen molar-refractivity contribution in [1.29, 1.82) is 0 Å². The van der Waals surface area contributed by atoms with Crippen LogP contribution in [0.15, 0.2) is 40.9 Å². The SMILES string of the molecule is Fc1cc(F)c(-c2ccc(Br)cc2)c(F)c1. The molecule has 0 atom stereocenters. The van der Waals surface area contributed by atoms with E-state index in [9.17, 15) is 13.2 Å². The van der Waals surface area contributed by atoms with Gasteiger partial charge in [0.25, 0.3) is 0 Å². The summed E-state index contributed by atoms with van der Waals surface area (Å²) in [5.74, 6) is -2.73. The van der Waals surface area contributed by atoms with Gasteiger partial charge in [0.05, 0.1) is 5.56 Å². The zero-order valence-corrected chi connectivity index (χ0v) is 9.56. The number of hydrogen-bond donors (Lipinski definition) is 0. The van der Waals surface area contributed by atoms with E-state index in [1.54, 1.807) is 24.3 Å². The van der Waals surface area contributed by atoms with Crippen molar-refractivity contribution >= 4 is 15.9 Å². The molecule has 0 aromatic heterocycles. The molecular formula is C12H6BrF3. The van der Waals surface area contributed by atoms with Crippen molar-refractivity contribution in [3.63, 3.8) is 0 Å². The summed E-state index contributed by atoms with van der Waals surface area (Å²) in [4.78, 5) is 0. The largest absolute Gasteiger partial charge is 0.207 e. The summed E-state index contributed by atoms with van der Waals surface area (Å²) >= 11 is 3.22. The van der Waals surface area contributed by atoms with Gasteiger partial charge >= 0.3 is 0 Å². The molecule has 0 N–H and O–H groups in total. The molecule has 0 saturated heterocycles. The highest BCUT2D eigenvalue weighted by molar-refractivity contribution is 9.10. The maximum atomic E-state index is 13.4. The Hall–Kier alpha value is -1.29. The Labute approximate surface area is 98.9 Å². The Kier molecular flexibility index (Phi) is 3.01. The van der Waals surface area contributed by atoms with E-state index in [1.807, 2.05) is 0 Å². The van der Waals surface area contributed by atoms with Gasteiger partial charge in [0.15, 0.2) is 0 Å². The highest BCUT2D eigenvalue weighted by Crippen LogP contribution is 2.27. The van der Waals surface area contributed by atoms with Crippen LogP contribution in [0.3, 0.4) is 0 Å². The second kappa shape index (κ2) is 4.29. The Morgan fingerprint density at radius 2 is 1.31 bits per heavy atom. The van der Waals surface area contributed by atoms with E-state index >= 15 is 0 Å². The molecule has 0 aliphatic heterocycles. The predicted octanol–water partition coefficient (Wildman–Crippen LogP) is 4.53. The van der Waals surface area contributed by atoms with Crippen LogP contribution in [0, 0.1) is 17.5 Å². The molecule has 0 amide bonds. The van der Waals surface area contributed by atoms with E-state index in [4.69, 9.17) is 0 Å². The van der Waals surface area contributed by atoms with Crippen molar-refractivity contribution in [2.75, 3.05) is 0 Å². The van der Waals surface area contributed by atoms with Crippen molar-refractivity contribution in [2.45, 2.75) is 0 Å². The van der Waals surface area contributed by atoms with Gasteiger partial charge in [0.2, 0.25) is 0 Å². The molecule has 0 radical (unpaired) electrons. The average Bonchev–Trinajstić information content (AvgIpc) is 2.19. The molecule has 2 aromatic rings. The third-order valence-electron chi connectivity index (χ3n) is 2.14. The lowest BCUT2D eigenvalue weighted by Crippen LogP contribution is -1.92. The highest BCUT2D eigenvalue weighted by atomic mass is 79.9. The fourth-order valence-corrected chi connectivity index (χ4v) is 1.70. The normalized spacial score (nSPS) is 10.5. The van der Waals surface area contributed by atoms with Crippen molar-refractivity contribution in [2.24, 2.45) is 0 Å². The molecule has 0 bridgehead atoms. The third kappa shape index (κ3) is 2.11. The molecule has 0 aliphatic rings. The van der Waals surface area contributed by atoms with Gasteiger partial charge in [-0.25, -0.2) is 13.2 Å². The Balaban J connectivity index is 2.60. The van der Waals surface area contributed by atoms with Crippen LogP contribution in [-0.4, -0.2) is 0 Å². The second-order valence-corrected chi connectivity index (χ2v) is 4.17. The first kappa shape index (κ1) is 11.2. The minimum absolute atomic E-state index is 0.214. The predicted molar refractivity (Wildman–Crippen MR) is 59.5 cm³/mol. The van der Waals surface area contributed by atoms with Crippen molar-refractivity contribution < 1.29 is 13.2 Å². The number of rotatable bonds is 1. The standard InChI is InChI=1S/C12H6BrF3/c13-8-3-1-7(2-4-8)12-10(15)5-9(14)6-11(12)16/h1-6H. The topological polar surface area (TPSA) is 0 Å². The van der Waals surface area contributed by atoms with Gasteiger partial charge in [-0.15, -0.1) is 0 Å². The molecule has 2 aromatic carbocycles. The Bertz CT molecular complexity index is 497. The van der Waals surface area contributed by atoms with Crippen molar-refractivity contribution in [1.82, 2.24) is 0 Å². The second-order valence-electron chi connectivity index (χ2n) is 3.25. The molecule has 0 nitrogen and oxygen atoms in total. The first-order valence-electron chi connectivity index (χ1n) is 4.48. The van der Waals surface area contributed by atoms with E-state index in [0.717, 1.165) is 4.47 Å². The minimum atomic E-state index is -0.920. The van der Waals surface area contributed by atoms with Crippen LogP contribution in [-0.2, 0) is 0 Å². The fourth-order valence-electron chi connectivity index (χ4n) is 1.43. The van der Waals surface area contributed by atoms with Gasteiger partial charge in [-0.2, -0.15) is 0 Å². The average molecular weight is 287 g/mol. The first-order chi connectivity index (χ1) is 7.58. The summed E-state index contributed by atoms with van der Waals surface area (Å²) in [6.07, 6.45) is 0. The molecule has 0 unspecified atom stereocenters. The zero-order chi connectivity index (χ0) is 11.7. The smallest absolute Gasteiger partial charge is 0.136 e. The lowest BCUT2D eigenvalue weighted by Gasteiger charge is -2.05. The zero-order valence-electron chi connectivity index (χ0n) is 7.98. The van der Waals surface area contributed by atoms with Crippen LogP contribution in [0.25, 0.3) is 11.1 Å². The molecule has 0 heterocycles. The van der Waals surface area contributed by atoms with Crippen LogP contribution >= 0.6 is 15.9 Å². The minimum Gasteiger partial charge on any atom is -0.207 e. The molecule has 4 heteroatoms. The Morgan fingerprint density at radius 1 is 0.812 bits per heavy atom. The summed E-state index contributed by atoms with van der Waals surface area (Å²) in [6.45, 7) is 0. The quantitative estimate of drug-likeness (QED) is 0.722. The number of hydrogen-bond acceptors (Lipinski definition) is 0. The van der Waals surface area contributed by atoms with Crippen molar-refractivity contribution in [3.05, 3.63) is 58.3 Å². The molecule has 2 rings (SSSR count). The molecule has 0 fully saturated rings. The summed E-state index contributed by atoms with van der Waals surface area (Å²) in [6, 6.07) is 7.78. The summed E-state index contributed by atoms with van der Waals surface area (Å²) < 4.78 is 40.3. The monoisotopic (exact) mass is 286 g/mol. The van der Waals surface area contributed by atoms with Crippen LogP contribution < -0.4 is 0 Å². The van der Waals surface area contributed by atoms with Gasteiger partial charge < -0.3 is 0 Å². The van der Waals surface area contributed by atoms with Crippen LogP contribution in [0.1, 0.15) is 0 Å². The van der Waals surface area contributed by atoms with Gasteiger partial charge in [-0.3, -0.25) is 0 Å². The highest BCUT2D eigenvalue weighted by Gasteiger charge is 2.13. The lowest BCUT2D eigenvalue weighted by molar-refractivity contribution is 0.548. The summed E-state index contributed by atoms with van der Waals surface area (Å²) in [5, 5.41) is 0. The number of halogens is 4. The lowest BCUT2D eigenvalue weighted by atomic mass is 10.0. The van der Waals surface area contributed by atoms with Gasteiger partial charge in [-0.1, -0.05) is 28.1 Å². The maximum Gasteiger partial charge on any atom is 0.136 e. The van der Waals surface area contributed by atoms with Crippen LogP contribution in [0.5, 0.6) is 0 Å².